The highest BCUT2D eigenvalue weighted by molar-refractivity contribution is 6.32. The molecule has 0 saturated carbocycles. The molecule has 1 heterocycles. The van der Waals surface area contributed by atoms with E-state index in [9.17, 15) is 4.79 Å². The maximum atomic E-state index is 11.8. The van der Waals surface area contributed by atoms with Gasteiger partial charge in [0.05, 0.1) is 17.2 Å². The Kier molecular flexibility index (Phi) is 4.76. The van der Waals surface area contributed by atoms with Gasteiger partial charge in [-0.2, -0.15) is 0 Å². The molecule has 1 aliphatic heterocycles. The Labute approximate surface area is 130 Å². The quantitative estimate of drug-likeness (QED) is 0.821. The van der Waals surface area contributed by atoms with Crippen LogP contribution in [0.1, 0.15) is 32.4 Å². The summed E-state index contributed by atoms with van der Waals surface area (Å²) in [6.07, 6.45) is 0. The summed E-state index contributed by atoms with van der Waals surface area (Å²) in [6.45, 7) is 6.84. The highest BCUT2D eigenvalue weighted by Crippen LogP contribution is 2.38. The van der Waals surface area contributed by atoms with Crippen molar-refractivity contribution in [2.75, 3.05) is 25.6 Å². The number of rotatable bonds is 5. The van der Waals surface area contributed by atoms with Crippen LogP contribution in [-0.4, -0.2) is 31.8 Å². The molecule has 2 N–H and O–H groups in total. The fraction of sp³-hybridized carbons (Fsp3) is 0.533. The van der Waals surface area contributed by atoms with E-state index in [1.54, 1.807) is 19.2 Å². The minimum absolute atomic E-state index is 0.0863. The van der Waals surface area contributed by atoms with Crippen LogP contribution in [0.15, 0.2) is 12.1 Å². The van der Waals surface area contributed by atoms with Gasteiger partial charge in [0.25, 0.3) is 0 Å². The fourth-order valence-corrected chi connectivity index (χ4v) is 2.39. The number of hydrogen-bond acceptors (Lipinski definition) is 4. The van der Waals surface area contributed by atoms with E-state index in [-0.39, 0.29) is 17.6 Å². The molecule has 0 aliphatic carbocycles. The van der Waals surface area contributed by atoms with E-state index >= 15 is 0 Å². The summed E-state index contributed by atoms with van der Waals surface area (Å²) in [6, 6.07) is 3.15. The largest absolute Gasteiger partial charge is 0.490 e. The van der Waals surface area contributed by atoms with Gasteiger partial charge in [0.1, 0.15) is 18.4 Å². The van der Waals surface area contributed by atoms with Crippen molar-refractivity contribution in [2.45, 2.75) is 32.4 Å². The van der Waals surface area contributed by atoms with Gasteiger partial charge in [-0.1, -0.05) is 11.6 Å². The molecule has 1 aromatic carbocycles. The van der Waals surface area contributed by atoms with Crippen LogP contribution in [0.25, 0.3) is 0 Å². The topological polar surface area (TPSA) is 59.6 Å². The average molecular weight is 313 g/mol. The molecule has 1 amide bonds. The van der Waals surface area contributed by atoms with Crippen molar-refractivity contribution in [1.29, 1.82) is 0 Å². The molecule has 0 aromatic heterocycles. The molecule has 0 radical (unpaired) electrons. The summed E-state index contributed by atoms with van der Waals surface area (Å²) in [5.74, 6) is 0.460. The van der Waals surface area contributed by atoms with Crippen molar-refractivity contribution in [3.63, 3.8) is 0 Å². The van der Waals surface area contributed by atoms with Crippen molar-refractivity contribution in [1.82, 2.24) is 5.32 Å². The molecule has 0 bridgehead atoms. The van der Waals surface area contributed by atoms with Gasteiger partial charge in [-0.15, -0.1) is 0 Å². The van der Waals surface area contributed by atoms with Crippen LogP contribution < -0.4 is 15.4 Å². The van der Waals surface area contributed by atoms with Gasteiger partial charge in [0.2, 0.25) is 5.91 Å². The molecule has 0 saturated heterocycles. The van der Waals surface area contributed by atoms with Gasteiger partial charge in [-0.25, -0.2) is 0 Å². The molecular formula is C15H21ClN2O3. The van der Waals surface area contributed by atoms with Crippen molar-refractivity contribution in [3.8, 4) is 5.75 Å². The van der Waals surface area contributed by atoms with Crippen LogP contribution >= 0.6 is 11.6 Å². The van der Waals surface area contributed by atoms with E-state index in [4.69, 9.17) is 21.1 Å². The fourth-order valence-electron chi connectivity index (χ4n) is 2.16. The van der Waals surface area contributed by atoms with Crippen LogP contribution in [0.3, 0.4) is 0 Å². The van der Waals surface area contributed by atoms with Gasteiger partial charge in [-0.05, 0) is 33.9 Å². The van der Waals surface area contributed by atoms with E-state index in [0.29, 0.717) is 24.0 Å². The Morgan fingerprint density at radius 2 is 2.05 bits per heavy atom. The number of nitrogens with one attached hydrogen (secondary N) is 2. The smallest absolute Gasteiger partial charge is 0.246 e. The van der Waals surface area contributed by atoms with Gasteiger partial charge >= 0.3 is 0 Å². The Balaban J connectivity index is 2.03. The summed E-state index contributed by atoms with van der Waals surface area (Å²) in [5.41, 5.74) is 1.38. The average Bonchev–Trinajstić information content (AvgIpc) is 2.68. The maximum absolute atomic E-state index is 11.8. The number of benzene rings is 1. The lowest BCUT2D eigenvalue weighted by Gasteiger charge is -2.19. The first-order valence-electron chi connectivity index (χ1n) is 6.90. The van der Waals surface area contributed by atoms with Crippen LogP contribution in [-0.2, 0) is 9.53 Å². The normalized spacial score (nSPS) is 17.6. The first-order chi connectivity index (χ1) is 9.81. The molecule has 1 atom stereocenters. The minimum Gasteiger partial charge on any atom is -0.490 e. The molecule has 0 fully saturated rings. The zero-order valence-corrected chi connectivity index (χ0v) is 13.5. The third-order valence-electron chi connectivity index (χ3n) is 3.10. The lowest BCUT2D eigenvalue weighted by molar-refractivity contribution is -0.117. The summed E-state index contributed by atoms with van der Waals surface area (Å²) in [7, 11) is 1.74. The molecule has 2 rings (SSSR count). The van der Waals surface area contributed by atoms with Crippen molar-refractivity contribution in [3.05, 3.63) is 22.7 Å². The van der Waals surface area contributed by atoms with E-state index < -0.39 is 0 Å². The van der Waals surface area contributed by atoms with Crippen LogP contribution in [0.5, 0.6) is 5.75 Å². The van der Waals surface area contributed by atoms with Crippen LogP contribution in [0.4, 0.5) is 5.69 Å². The van der Waals surface area contributed by atoms with Crippen molar-refractivity contribution in [2.24, 2.45) is 0 Å². The molecule has 1 aliphatic rings. The van der Waals surface area contributed by atoms with Gasteiger partial charge < -0.3 is 20.1 Å². The van der Waals surface area contributed by atoms with Gasteiger partial charge in [-0.3, -0.25) is 4.79 Å². The lowest BCUT2D eigenvalue weighted by Crippen LogP contribution is -2.23. The van der Waals surface area contributed by atoms with Crippen molar-refractivity contribution >= 4 is 23.2 Å². The Morgan fingerprint density at radius 3 is 2.67 bits per heavy atom. The number of hydrogen-bond donors (Lipinski definition) is 2. The molecule has 116 valence electrons. The molecule has 1 aromatic rings. The van der Waals surface area contributed by atoms with Crippen LogP contribution in [0, 0.1) is 0 Å². The number of carbonyl (C=O) groups is 1. The minimum atomic E-state index is -0.365. The predicted molar refractivity (Wildman–Crippen MR) is 83.1 cm³/mol. The zero-order chi connectivity index (χ0) is 15.6. The Morgan fingerprint density at radius 1 is 1.33 bits per heavy atom. The summed E-state index contributed by atoms with van der Waals surface area (Å²) in [4.78, 5) is 11.8. The lowest BCUT2D eigenvalue weighted by atomic mass is 10.1. The SMILES string of the molecule is CNC1C(=O)Nc2cc(OCCOC(C)(C)C)c(Cl)cc21. The molecule has 1 unspecified atom stereocenters. The number of ether oxygens (including phenoxy) is 2. The molecule has 0 spiro atoms. The molecule has 21 heavy (non-hydrogen) atoms. The summed E-state index contributed by atoms with van der Waals surface area (Å²) >= 11 is 6.21. The third kappa shape index (κ3) is 3.87. The summed E-state index contributed by atoms with van der Waals surface area (Å²) in [5, 5.41) is 6.25. The van der Waals surface area contributed by atoms with Gasteiger partial charge in [0.15, 0.2) is 0 Å². The number of amides is 1. The third-order valence-corrected chi connectivity index (χ3v) is 3.40. The highest BCUT2D eigenvalue weighted by atomic mass is 35.5. The van der Waals surface area contributed by atoms with Crippen LogP contribution in [0.2, 0.25) is 5.02 Å². The van der Waals surface area contributed by atoms with Crippen molar-refractivity contribution < 1.29 is 14.3 Å². The molecule has 5 nitrogen and oxygen atoms in total. The second kappa shape index (κ2) is 6.22. The Hall–Kier alpha value is -1.30. The molecular weight excluding hydrogens is 292 g/mol. The van der Waals surface area contributed by atoms with E-state index in [0.717, 1.165) is 11.3 Å². The van der Waals surface area contributed by atoms with E-state index in [1.807, 2.05) is 20.8 Å². The maximum Gasteiger partial charge on any atom is 0.246 e. The van der Waals surface area contributed by atoms with E-state index in [2.05, 4.69) is 10.6 Å². The highest BCUT2D eigenvalue weighted by Gasteiger charge is 2.30. The number of fused-ring (bicyclic) bond motifs is 1. The van der Waals surface area contributed by atoms with E-state index in [1.165, 1.54) is 0 Å². The zero-order valence-electron chi connectivity index (χ0n) is 12.7. The number of halogens is 1. The standard InChI is InChI=1S/C15H21ClN2O3/c1-15(2,3)21-6-5-20-12-8-11-9(7-10(12)16)13(17-4)14(19)18-11/h7-8,13,17H,5-6H2,1-4H3,(H,18,19). The number of carbonyl (C=O) groups excluding carboxylic acids is 1. The predicted octanol–water partition coefficient (Wildman–Crippen LogP) is 2.75. The first-order valence-corrected chi connectivity index (χ1v) is 7.28. The van der Waals surface area contributed by atoms with Gasteiger partial charge in [0, 0.05) is 17.3 Å². The Bertz CT molecular complexity index is 540. The number of likely N-dealkylation sites (N-methyl/N-ethyl adjacent to an activating group) is 1. The number of anilines is 1. The monoisotopic (exact) mass is 312 g/mol. The molecule has 6 heteroatoms. The first kappa shape index (κ1) is 16.1. The summed E-state index contributed by atoms with van der Waals surface area (Å²) < 4.78 is 11.2. The second-order valence-corrected chi connectivity index (χ2v) is 6.30. The second-order valence-electron chi connectivity index (χ2n) is 5.89.